The van der Waals surface area contributed by atoms with Crippen molar-refractivity contribution < 1.29 is 9.66 Å². The Bertz CT molecular complexity index is 632. The Morgan fingerprint density at radius 1 is 1.25 bits per heavy atom. The van der Waals surface area contributed by atoms with Gasteiger partial charge in [0.05, 0.1) is 4.92 Å². The highest BCUT2D eigenvalue weighted by atomic mass is 35.5. The summed E-state index contributed by atoms with van der Waals surface area (Å²) in [7, 11) is 1.81. The number of halogens is 1. The quantitative estimate of drug-likeness (QED) is 0.673. The molecule has 1 N–H and O–H groups in total. The van der Waals surface area contributed by atoms with Crippen LogP contribution in [0.3, 0.4) is 0 Å². The molecule has 0 amide bonds. The van der Waals surface area contributed by atoms with Crippen molar-refractivity contribution in [2.45, 2.75) is 6.54 Å². The second kappa shape index (κ2) is 6.36. The molecular weight excluding hydrogens is 280 g/mol. The normalized spacial score (nSPS) is 10.3. The maximum absolute atomic E-state index is 11.0. The first kappa shape index (κ1) is 14.3. The lowest BCUT2D eigenvalue weighted by molar-refractivity contribution is -0.385. The van der Waals surface area contributed by atoms with Gasteiger partial charge in [0.2, 0.25) is 5.75 Å². The fraction of sp³-hybridized carbons (Fsp3) is 0.143. The van der Waals surface area contributed by atoms with Crippen molar-refractivity contribution in [3.63, 3.8) is 0 Å². The predicted molar refractivity (Wildman–Crippen MR) is 77.4 cm³/mol. The standard InChI is InChI=1S/C14H13ClN2O3/c1-16-9-10-6-7-11(15)8-14(10)20-13-5-3-2-4-12(13)17(18)19/h2-8,16H,9H2,1H3. The Labute approximate surface area is 121 Å². The summed E-state index contributed by atoms with van der Waals surface area (Å²) in [6, 6.07) is 11.5. The van der Waals surface area contributed by atoms with E-state index in [1.54, 1.807) is 30.3 Å². The molecule has 6 heteroatoms. The van der Waals surface area contributed by atoms with Crippen LogP contribution in [0.25, 0.3) is 0 Å². The number of benzene rings is 2. The number of ether oxygens (including phenoxy) is 1. The smallest absolute Gasteiger partial charge is 0.311 e. The van der Waals surface area contributed by atoms with Gasteiger partial charge in [0.1, 0.15) is 5.75 Å². The summed E-state index contributed by atoms with van der Waals surface area (Å²) in [4.78, 5) is 10.5. The third kappa shape index (κ3) is 3.26. The maximum Gasteiger partial charge on any atom is 0.311 e. The van der Waals surface area contributed by atoms with Gasteiger partial charge in [0.15, 0.2) is 0 Å². The van der Waals surface area contributed by atoms with Gasteiger partial charge < -0.3 is 10.1 Å². The van der Waals surface area contributed by atoms with Crippen molar-refractivity contribution in [2.75, 3.05) is 7.05 Å². The van der Waals surface area contributed by atoms with Crippen LogP contribution in [0.15, 0.2) is 42.5 Å². The molecule has 5 nitrogen and oxygen atoms in total. The second-order valence-electron chi connectivity index (χ2n) is 4.11. The van der Waals surface area contributed by atoms with Gasteiger partial charge in [0, 0.05) is 23.2 Å². The summed E-state index contributed by atoms with van der Waals surface area (Å²) in [5, 5.41) is 14.5. The molecule has 0 radical (unpaired) electrons. The number of rotatable bonds is 5. The molecule has 0 aliphatic carbocycles. The minimum atomic E-state index is -0.475. The summed E-state index contributed by atoms with van der Waals surface area (Å²) >= 11 is 5.95. The minimum absolute atomic E-state index is 0.0807. The first-order valence-electron chi connectivity index (χ1n) is 5.96. The topological polar surface area (TPSA) is 64.4 Å². The van der Waals surface area contributed by atoms with Crippen molar-refractivity contribution in [2.24, 2.45) is 0 Å². The van der Waals surface area contributed by atoms with Gasteiger partial charge in [-0.1, -0.05) is 29.8 Å². The van der Waals surface area contributed by atoms with Crippen molar-refractivity contribution in [1.82, 2.24) is 5.32 Å². The van der Waals surface area contributed by atoms with Crippen molar-refractivity contribution in [1.29, 1.82) is 0 Å². The van der Waals surface area contributed by atoms with Gasteiger partial charge in [-0.2, -0.15) is 0 Å². The van der Waals surface area contributed by atoms with Crippen molar-refractivity contribution in [3.8, 4) is 11.5 Å². The van der Waals surface area contributed by atoms with Gasteiger partial charge in [-0.15, -0.1) is 0 Å². The Morgan fingerprint density at radius 3 is 2.70 bits per heavy atom. The second-order valence-corrected chi connectivity index (χ2v) is 4.55. The van der Waals surface area contributed by atoms with Crippen LogP contribution >= 0.6 is 11.6 Å². The summed E-state index contributed by atoms with van der Waals surface area (Å²) in [6.07, 6.45) is 0. The van der Waals surface area contributed by atoms with Crippen LogP contribution in [0, 0.1) is 10.1 Å². The van der Waals surface area contributed by atoms with Crippen molar-refractivity contribution in [3.05, 3.63) is 63.2 Å². The van der Waals surface area contributed by atoms with Crippen LogP contribution < -0.4 is 10.1 Å². The first-order chi connectivity index (χ1) is 9.61. The highest BCUT2D eigenvalue weighted by molar-refractivity contribution is 6.30. The molecule has 0 aromatic heterocycles. The predicted octanol–water partition coefficient (Wildman–Crippen LogP) is 3.76. The lowest BCUT2D eigenvalue weighted by Gasteiger charge is -2.11. The zero-order valence-corrected chi connectivity index (χ0v) is 11.6. The monoisotopic (exact) mass is 292 g/mol. The molecule has 0 bridgehead atoms. The molecule has 2 aromatic carbocycles. The molecule has 0 spiro atoms. The van der Waals surface area contributed by atoms with E-state index in [4.69, 9.17) is 16.3 Å². The Hall–Kier alpha value is -2.11. The van der Waals surface area contributed by atoms with Crippen LogP contribution in [-0.2, 0) is 6.54 Å². The summed E-state index contributed by atoms with van der Waals surface area (Å²) in [6.45, 7) is 0.577. The molecule has 0 heterocycles. The van der Waals surface area contributed by atoms with E-state index in [0.29, 0.717) is 17.3 Å². The summed E-state index contributed by atoms with van der Waals surface area (Å²) < 4.78 is 5.67. The third-order valence-corrected chi connectivity index (χ3v) is 2.91. The SMILES string of the molecule is CNCc1ccc(Cl)cc1Oc1ccccc1[N+](=O)[O-]. The number of hydrogen-bond donors (Lipinski definition) is 1. The van der Waals surface area contributed by atoms with E-state index in [0.717, 1.165) is 5.56 Å². The zero-order valence-electron chi connectivity index (χ0n) is 10.8. The largest absolute Gasteiger partial charge is 0.450 e. The van der Waals surface area contributed by atoms with Crippen LogP contribution in [0.1, 0.15) is 5.56 Å². The Morgan fingerprint density at radius 2 is 2.00 bits per heavy atom. The molecule has 0 aliphatic heterocycles. The maximum atomic E-state index is 11.0. The number of nitro benzene ring substituents is 1. The molecule has 104 valence electrons. The van der Waals surface area contributed by atoms with Gasteiger partial charge in [-0.3, -0.25) is 10.1 Å². The molecule has 20 heavy (non-hydrogen) atoms. The molecule has 0 aliphatic rings. The number of nitrogens with zero attached hydrogens (tertiary/aromatic N) is 1. The van der Waals surface area contributed by atoms with Crippen LogP contribution in [-0.4, -0.2) is 12.0 Å². The summed E-state index contributed by atoms with van der Waals surface area (Å²) in [5.74, 6) is 0.693. The van der Waals surface area contributed by atoms with E-state index in [1.165, 1.54) is 6.07 Å². The van der Waals surface area contributed by atoms with Gasteiger partial charge in [-0.05, 0) is 25.2 Å². The molecule has 0 unspecified atom stereocenters. The fourth-order valence-electron chi connectivity index (χ4n) is 1.77. The fourth-order valence-corrected chi connectivity index (χ4v) is 1.93. The first-order valence-corrected chi connectivity index (χ1v) is 6.34. The Balaban J connectivity index is 2.39. The third-order valence-electron chi connectivity index (χ3n) is 2.68. The molecule has 2 rings (SSSR count). The molecule has 0 atom stereocenters. The molecule has 0 saturated carbocycles. The van der Waals surface area contributed by atoms with Crippen LogP contribution in [0.5, 0.6) is 11.5 Å². The molecule has 0 saturated heterocycles. The molecule has 0 fully saturated rings. The van der Waals surface area contributed by atoms with Gasteiger partial charge >= 0.3 is 5.69 Å². The average molecular weight is 293 g/mol. The van der Waals surface area contributed by atoms with Crippen molar-refractivity contribution >= 4 is 17.3 Å². The van der Waals surface area contributed by atoms with E-state index in [1.807, 2.05) is 13.1 Å². The minimum Gasteiger partial charge on any atom is -0.450 e. The Kier molecular flexibility index (Phi) is 4.55. The summed E-state index contributed by atoms with van der Waals surface area (Å²) in [5.41, 5.74) is 0.790. The van der Waals surface area contributed by atoms with Gasteiger partial charge in [-0.25, -0.2) is 0 Å². The number of hydrogen-bond acceptors (Lipinski definition) is 4. The average Bonchev–Trinajstić information content (AvgIpc) is 2.42. The number of nitro groups is 1. The van der Waals surface area contributed by atoms with Gasteiger partial charge in [0.25, 0.3) is 0 Å². The lowest BCUT2D eigenvalue weighted by atomic mass is 10.2. The zero-order chi connectivity index (χ0) is 14.5. The lowest BCUT2D eigenvalue weighted by Crippen LogP contribution is -2.06. The van der Waals surface area contributed by atoms with E-state index in [9.17, 15) is 10.1 Å². The highest BCUT2D eigenvalue weighted by Crippen LogP contribution is 2.33. The number of nitrogens with one attached hydrogen (secondary N) is 1. The highest BCUT2D eigenvalue weighted by Gasteiger charge is 2.16. The molecular formula is C14H13ClN2O3. The molecule has 2 aromatic rings. The van der Waals surface area contributed by atoms with Crippen LogP contribution in [0.2, 0.25) is 5.02 Å². The van der Waals surface area contributed by atoms with Crippen LogP contribution in [0.4, 0.5) is 5.69 Å². The van der Waals surface area contributed by atoms with E-state index >= 15 is 0 Å². The number of para-hydroxylation sites is 2. The van der Waals surface area contributed by atoms with E-state index < -0.39 is 4.92 Å². The van der Waals surface area contributed by atoms with E-state index in [-0.39, 0.29) is 11.4 Å². The van der Waals surface area contributed by atoms with E-state index in [2.05, 4.69) is 5.32 Å².